The molecule has 66 valence electrons. The van der Waals surface area contributed by atoms with Gasteiger partial charge in [0.05, 0.1) is 17.3 Å². The molecule has 1 rings (SSSR count). The van der Waals surface area contributed by atoms with E-state index < -0.39 is 0 Å². The zero-order valence-electron chi connectivity index (χ0n) is 6.20. The third kappa shape index (κ3) is 2.31. The van der Waals surface area contributed by atoms with Gasteiger partial charge in [-0.2, -0.15) is 4.98 Å². The molecular formula is C6H8BrN3O2. The summed E-state index contributed by atoms with van der Waals surface area (Å²) in [5.74, 6) is 0.489. The highest BCUT2D eigenvalue weighted by Gasteiger charge is 2.03. The number of aliphatic hydroxyl groups excluding tert-OH is 1. The van der Waals surface area contributed by atoms with Crippen molar-refractivity contribution < 1.29 is 9.84 Å². The van der Waals surface area contributed by atoms with Gasteiger partial charge in [-0.25, -0.2) is 4.98 Å². The number of hydrogen-bond acceptors (Lipinski definition) is 5. The van der Waals surface area contributed by atoms with E-state index in [0.717, 1.165) is 0 Å². The maximum absolute atomic E-state index is 8.47. The minimum Gasteiger partial charge on any atom is -0.474 e. The number of nitrogens with two attached hydrogens (primary N) is 1. The molecule has 0 fully saturated rings. The van der Waals surface area contributed by atoms with Crippen LogP contribution in [0.1, 0.15) is 0 Å². The number of rotatable bonds is 3. The van der Waals surface area contributed by atoms with E-state index in [1.807, 2.05) is 0 Å². The van der Waals surface area contributed by atoms with Crippen molar-refractivity contribution in [3.05, 3.63) is 10.7 Å². The predicted molar refractivity (Wildman–Crippen MR) is 46.7 cm³/mol. The van der Waals surface area contributed by atoms with Gasteiger partial charge in [-0.05, 0) is 15.9 Å². The molecule has 3 N–H and O–H groups in total. The fourth-order valence-electron chi connectivity index (χ4n) is 0.608. The van der Waals surface area contributed by atoms with Gasteiger partial charge < -0.3 is 15.6 Å². The van der Waals surface area contributed by atoms with E-state index in [1.165, 1.54) is 6.20 Å². The molecule has 0 spiro atoms. The van der Waals surface area contributed by atoms with Crippen molar-refractivity contribution >= 4 is 21.9 Å². The molecule has 0 bridgehead atoms. The summed E-state index contributed by atoms with van der Waals surface area (Å²) in [6.45, 7) is 0.130. The van der Waals surface area contributed by atoms with E-state index in [4.69, 9.17) is 15.6 Å². The zero-order chi connectivity index (χ0) is 8.97. The Kier molecular flexibility index (Phi) is 3.24. The minimum atomic E-state index is -0.0592. The number of aromatic nitrogens is 2. The Morgan fingerprint density at radius 1 is 1.67 bits per heavy atom. The molecule has 12 heavy (non-hydrogen) atoms. The van der Waals surface area contributed by atoms with Crippen LogP contribution in [0.5, 0.6) is 5.88 Å². The monoisotopic (exact) mass is 233 g/mol. The van der Waals surface area contributed by atoms with Crippen molar-refractivity contribution in [3.8, 4) is 5.88 Å². The molecule has 0 aliphatic heterocycles. The molecule has 6 heteroatoms. The molecule has 5 nitrogen and oxygen atoms in total. The van der Waals surface area contributed by atoms with E-state index in [-0.39, 0.29) is 19.2 Å². The van der Waals surface area contributed by atoms with Crippen molar-refractivity contribution in [1.82, 2.24) is 9.97 Å². The summed E-state index contributed by atoms with van der Waals surface area (Å²) < 4.78 is 5.65. The van der Waals surface area contributed by atoms with Gasteiger partial charge in [0, 0.05) is 0 Å². The normalized spacial score (nSPS) is 9.83. The van der Waals surface area contributed by atoms with E-state index in [1.54, 1.807) is 0 Å². The SMILES string of the molecule is Nc1ncc(Br)c(OCCO)n1. The number of aliphatic hydroxyl groups is 1. The third-order valence-electron chi connectivity index (χ3n) is 1.06. The van der Waals surface area contributed by atoms with E-state index >= 15 is 0 Å². The van der Waals surface area contributed by atoms with Gasteiger partial charge in [-0.1, -0.05) is 0 Å². The van der Waals surface area contributed by atoms with Crippen molar-refractivity contribution in [2.24, 2.45) is 0 Å². The predicted octanol–water partition coefficient (Wildman–Crippen LogP) is 0.192. The van der Waals surface area contributed by atoms with E-state index in [2.05, 4.69) is 25.9 Å². The second kappa shape index (κ2) is 4.22. The number of nitrogen functional groups attached to an aromatic ring is 1. The quantitative estimate of drug-likeness (QED) is 0.780. The van der Waals surface area contributed by atoms with Crippen LogP contribution in [0.25, 0.3) is 0 Å². The fourth-order valence-corrected chi connectivity index (χ4v) is 0.913. The summed E-state index contributed by atoms with van der Waals surface area (Å²) in [6.07, 6.45) is 1.50. The summed E-state index contributed by atoms with van der Waals surface area (Å²) in [5, 5.41) is 8.47. The zero-order valence-corrected chi connectivity index (χ0v) is 7.78. The van der Waals surface area contributed by atoms with Gasteiger partial charge >= 0.3 is 0 Å². The van der Waals surface area contributed by atoms with Crippen LogP contribution in [0.4, 0.5) is 5.95 Å². The maximum atomic E-state index is 8.47. The highest BCUT2D eigenvalue weighted by molar-refractivity contribution is 9.10. The molecule has 1 aromatic heterocycles. The highest BCUT2D eigenvalue weighted by Crippen LogP contribution is 2.21. The first kappa shape index (κ1) is 9.21. The first-order valence-electron chi connectivity index (χ1n) is 3.25. The lowest BCUT2D eigenvalue weighted by Gasteiger charge is -2.04. The Morgan fingerprint density at radius 2 is 2.42 bits per heavy atom. The Morgan fingerprint density at radius 3 is 3.08 bits per heavy atom. The Bertz CT molecular complexity index is 269. The van der Waals surface area contributed by atoms with Crippen LogP contribution >= 0.6 is 15.9 Å². The van der Waals surface area contributed by atoms with Crippen molar-refractivity contribution in [3.63, 3.8) is 0 Å². The molecule has 0 radical (unpaired) electrons. The second-order valence-corrected chi connectivity index (χ2v) is 2.81. The Hall–Kier alpha value is -0.880. The first-order valence-corrected chi connectivity index (χ1v) is 4.05. The first-order chi connectivity index (χ1) is 5.74. The number of anilines is 1. The summed E-state index contributed by atoms with van der Waals surface area (Å²) in [5.41, 5.74) is 5.31. The molecule has 0 saturated heterocycles. The lowest BCUT2D eigenvalue weighted by Crippen LogP contribution is -2.05. The number of halogens is 1. The van der Waals surface area contributed by atoms with Gasteiger partial charge in [0.2, 0.25) is 11.8 Å². The third-order valence-corrected chi connectivity index (χ3v) is 1.60. The number of hydrogen-bond donors (Lipinski definition) is 2. The standard InChI is InChI=1S/C6H8BrN3O2/c7-4-3-9-6(8)10-5(4)12-2-1-11/h3,11H,1-2H2,(H2,8,9,10). The van der Waals surface area contributed by atoms with Crippen molar-refractivity contribution in [2.45, 2.75) is 0 Å². The van der Waals surface area contributed by atoms with E-state index in [0.29, 0.717) is 10.4 Å². The molecule has 0 saturated carbocycles. The molecule has 0 aliphatic carbocycles. The van der Waals surface area contributed by atoms with Crippen molar-refractivity contribution in [1.29, 1.82) is 0 Å². The van der Waals surface area contributed by atoms with Crippen LogP contribution in [-0.4, -0.2) is 28.3 Å². The minimum absolute atomic E-state index is 0.0592. The van der Waals surface area contributed by atoms with Crippen LogP contribution in [-0.2, 0) is 0 Å². The summed E-state index contributed by atoms with van der Waals surface area (Å²) in [4.78, 5) is 7.52. The average Bonchev–Trinajstić information content (AvgIpc) is 2.07. The summed E-state index contributed by atoms with van der Waals surface area (Å²) in [7, 11) is 0. The topological polar surface area (TPSA) is 81.3 Å². The maximum Gasteiger partial charge on any atom is 0.232 e. The van der Waals surface area contributed by atoms with Crippen LogP contribution < -0.4 is 10.5 Å². The van der Waals surface area contributed by atoms with Gasteiger partial charge in [0.25, 0.3) is 0 Å². The Labute approximate surface area is 77.7 Å². The van der Waals surface area contributed by atoms with Crippen LogP contribution in [0.3, 0.4) is 0 Å². The molecule has 1 aromatic rings. The molecule has 0 aromatic carbocycles. The number of ether oxygens (including phenoxy) is 1. The fraction of sp³-hybridized carbons (Fsp3) is 0.333. The van der Waals surface area contributed by atoms with Gasteiger partial charge in [-0.15, -0.1) is 0 Å². The van der Waals surface area contributed by atoms with Crippen LogP contribution in [0.15, 0.2) is 10.7 Å². The van der Waals surface area contributed by atoms with Crippen LogP contribution in [0, 0.1) is 0 Å². The molecule has 0 amide bonds. The average molecular weight is 234 g/mol. The lowest BCUT2D eigenvalue weighted by atomic mass is 10.6. The summed E-state index contributed by atoms with van der Waals surface area (Å²) in [6, 6.07) is 0. The lowest BCUT2D eigenvalue weighted by molar-refractivity contribution is 0.196. The second-order valence-electron chi connectivity index (χ2n) is 1.95. The molecule has 1 heterocycles. The van der Waals surface area contributed by atoms with Gasteiger partial charge in [0.1, 0.15) is 6.61 Å². The van der Waals surface area contributed by atoms with E-state index in [9.17, 15) is 0 Å². The van der Waals surface area contributed by atoms with Crippen molar-refractivity contribution in [2.75, 3.05) is 18.9 Å². The molecule has 0 atom stereocenters. The smallest absolute Gasteiger partial charge is 0.232 e. The van der Waals surface area contributed by atoms with Crippen LogP contribution in [0.2, 0.25) is 0 Å². The van der Waals surface area contributed by atoms with Gasteiger partial charge in [0.15, 0.2) is 0 Å². The largest absolute Gasteiger partial charge is 0.474 e. The summed E-state index contributed by atoms with van der Waals surface area (Å²) >= 11 is 3.17. The highest BCUT2D eigenvalue weighted by atomic mass is 79.9. The van der Waals surface area contributed by atoms with Gasteiger partial charge in [-0.3, -0.25) is 0 Å². The number of nitrogens with zero attached hydrogens (tertiary/aromatic N) is 2. The molecular weight excluding hydrogens is 226 g/mol. The Balaban J connectivity index is 2.75. The molecule has 0 aliphatic rings. The molecule has 0 unspecified atom stereocenters.